The zero-order valence-corrected chi connectivity index (χ0v) is 11.4. The lowest BCUT2D eigenvalue weighted by Crippen LogP contribution is -2.11. The molecule has 2 aromatic rings. The highest BCUT2D eigenvalue weighted by molar-refractivity contribution is 7.89. The van der Waals surface area contributed by atoms with Crippen molar-refractivity contribution in [1.82, 2.24) is 9.36 Å². The summed E-state index contributed by atoms with van der Waals surface area (Å²) in [6.45, 7) is 0. The second-order valence-electron chi connectivity index (χ2n) is 4.54. The number of hydrogen-bond acceptors (Lipinski definition) is 5. The summed E-state index contributed by atoms with van der Waals surface area (Å²) in [5.41, 5.74) is 1.03. The number of sulfonamides is 1. The molecule has 0 amide bonds. The predicted molar refractivity (Wildman–Crippen MR) is 70.6 cm³/mol. The molecule has 1 aromatic carbocycles. The number of nitrogens with two attached hydrogens (primary N) is 1. The summed E-state index contributed by atoms with van der Waals surface area (Å²) in [6, 6.07) is 6.53. The minimum atomic E-state index is -3.65. The first-order valence-corrected chi connectivity index (χ1v) is 7.96. The third-order valence-corrected chi connectivity index (χ3v) is 4.72. The molecule has 1 aromatic heterocycles. The summed E-state index contributed by atoms with van der Waals surface area (Å²) < 4.78 is 26.4. The number of aromatic nitrogens is 2. The Balaban J connectivity index is 1.80. The van der Waals surface area contributed by atoms with Crippen LogP contribution in [0.5, 0.6) is 0 Å². The van der Waals surface area contributed by atoms with Crippen molar-refractivity contribution in [2.75, 3.05) is 0 Å². The third kappa shape index (κ3) is 2.46. The van der Waals surface area contributed by atoms with E-state index in [0.717, 1.165) is 29.3 Å². The van der Waals surface area contributed by atoms with Crippen LogP contribution >= 0.6 is 11.5 Å². The van der Waals surface area contributed by atoms with Crippen LogP contribution in [-0.4, -0.2) is 17.8 Å². The summed E-state index contributed by atoms with van der Waals surface area (Å²) >= 11 is 0.919. The van der Waals surface area contributed by atoms with Gasteiger partial charge in [0.1, 0.15) is 5.82 Å². The van der Waals surface area contributed by atoms with E-state index in [9.17, 15) is 13.2 Å². The van der Waals surface area contributed by atoms with Gasteiger partial charge in [-0.3, -0.25) is 9.78 Å². The maximum absolute atomic E-state index is 11.1. The Bertz CT molecular complexity index is 761. The number of hydrogen-bond donors (Lipinski definition) is 2. The number of primary sulfonamides is 1. The highest BCUT2D eigenvalue weighted by atomic mass is 32.2. The minimum Gasteiger partial charge on any atom is -0.299 e. The zero-order valence-electron chi connectivity index (χ0n) is 9.74. The molecular weight excluding hydrogens is 286 g/mol. The molecule has 19 heavy (non-hydrogen) atoms. The average molecular weight is 297 g/mol. The molecule has 1 saturated carbocycles. The van der Waals surface area contributed by atoms with Crippen LogP contribution in [0.3, 0.4) is 0 Å². The standard InChI is InChI=1S/C11H11N3O3S2/c12-19(16,17)7-3-1-6(2-4-7)8-5-9(8)10-13-11(15)18-14-10/h1-4,8-9H,5H2,(H2,12,16,17)(H,13,14,15)/t8-,9+/m0/s1. The predicted octanol–water partition coefficient (Wildman–Crippen LogP) is 0.750. The van der Waals surface area contributed by atoms with Gasteiger partial charge < -0.3 is 0 Å². The van der Waals surface area contributed by atoms with Crippen LogP contribution in [0.25, 0.3) is 0 Å². The Hall–Kier alpha value is -1.51. The molecule has 0 unspecified atom stereocenters. The number of nitrogens with one attached hydrogen (secondary N) is 1. The van der Waals surface area contributed by atoms with Crippen LogP contribution in [0, 0.1) is 0 Å². The van der Waals surface area contributed by atoms with Crippen molar-refractivity contribution in [3.05, 3.63) is 45.3 Å². The van der Waals surface area contributed by atoms with Gasteiger partial charge in [0.2, 0.25) is 10.0 Å². The quantitative estimate of drug-likeness (QED) is 0.871. The first-order valence-electron chi connectivity index (χ1n) is 5.64. The van der Waals surface area contributed by atoms with E-state index in [0.29, 0.717) is 0 Å². The molecule has 2 atom stereocenters. The largest absolute Gasteiger partial charge is 0.323 e. The fourth-order valence-electron chi connectivity index (χ4n) is 2.17. The van der Waals surface area contributed by atoms with Gasteiger partial charge in [0.25, 0.3) is 0 Å². The van der Waals surface area contributed by atoms with Crippen molar-refractivity contribution in [3.63, 3.8) is 0 Å². The molecule has 1 aliphatic carbocycles. The minimum absolute atomic E-state index is 0.107. The van der Waals surface area contributed by atoms with E-state index in [1.54, 1.807) is 12.1 Å². The summed E-state index contributed by atoms with van der Waals surface area (Å²) in [4.78, 5) is 13.7. The lowest BCUT2D eigenvalue weighted by molar-refractivity contribution is 0.598. The highest BCUT2D eigenvalue weighted by Crippen LogP contribution is 2.53. The van der Waals surface area contributed by atoms with Crippen molar-refractivity contribution in [2.24, 2.45) is 5.14 Å². The van der Waals surface area contributed by atoms with Gasteiger partial charge in [-0.25, -0.2) is 13.6 Å². The van der Waals surface area contributed by atoms with Crippen molar-refractivity contribution < 1.29 is 8.42 Å². The molecule has 0 aliphatic heterocycles. The van der Waals surface area contributed by atoms with Crippen LogP contribution in [-0.2, 0) is 10.0 Å². The van der Waals surface area contributed by atoms with Crippen molar-refractivity contribution in [2.45, 2.75) is 23.2 Å². The number of H-pyrrole nitrogens is 1. The number of benzene rings is 1. The molecule has 0 saturated heterocycles. The molecule has 1 fully saturated rings. The normalized spacial score (nSPS) is 22.4. The molecule has 3 N–H and O–H groups in total. The van der Waals surface area contributed by atoms with E-state index in [4.69, 9.17) is 5.14 Å². The molecular formula is C11H11N3O3S2. The Morgan fingerprint density at radius 1 is 1.26 bits per heavy atom. The molecule has 1 aliphatic rings. The van der Waals surface area contributed by atoms with Gasteiger partial charge in [-0.15, -0.1) is 0 Å². The summed E-state index contributed by atoms with van der Waals surface area (Å²) in [6.07, 6.45) is 0.911. The number of nitrogens with zero attached hydrogens (tertiary/aromatic N) is 1. The van der Waals surface area contributed by atoms with Gasteiger partial charge in [0.15, 0.2) is 0 Å². The monoisotopic (exact) mass is 297 g/mol. The molecule has 0 spiro atoms. The lowest BCUT2D eigenvalue weighted by Gasteiger charge is -2.01. The summed E-state index contributed by atoms with van der Waals surface area (Å²) in [5.74, 6) is 1.22. The Morgan fingerprint density at radius 3 is 2.47 bits per heavy atom. The smallest absolute Gasteiger partial charge is 0.299 e. The lowest BCUT2D eigenvalue weighted by atomic mass is 10.1. The first-order chi connectivity index (χ1) is 8.95. The van der Waals surface area contributed by atoms with Crippen LogP contribution < -0.4 is 10.0 Å². The maximum Gasteiger partial charge on any atom is 0.323 e. The van der Waals surface area contributed by atoms with Crippen LogP contribution in [0.4, 0.5) is 0 Å². The average Bonchev–Trinajstić information content (AvgIpc) is 3.04. The Kier molecular flexibility index (Phi) is 2.80. The molecule has 8 heteroatoms. The van der Waals surface area contributed by atoms with Gasteiger partial charge in [0.05, 0.1) is 4.90 Å². The Morgan fingerprint density at radius 2 is 1.95 bits per heavy atom. The van der Waals surface area contributed by atoms with Gasteiger partial charge in [-0.05, 0) is 30.0 Å². The van der Waals surface area contributed by atoms with E-state index in [2.05, 4.69) is 9.36 Å². The molecule has 6 nitrogen and oxygen atoms in total. The topological polar surface area (TPSA) is 106 Å². The fourth-order valence-corrected chi connectivity index (χ4v) is 3.20. The molecule has 0 bridgehead atoms. The highest BCUT2D eigenvalue weighted by Gasteiger charge is 2.41. The van der Waals surface area contributed by atoms with Gasteiger partial charge in [0, 0.05) is 17.5 Å². The molecule has 0 radical (unpaired) electrons. The number of aromatic amines is 1. The van der Waals surface area contributed by atoms with Crippen LogP contribution in [0.1, 0.15) is 29.6 Å². The second-order valence-corrected chi connectivity index (χ2v) is 6.84. The SMILES string of the molecule is NS(=O)(=O)c1ccc([C@@H]2C[C@H]2c2nsc(=O)[nH]2)cc1. The van der Waals surface area contributed by atoms with E-state index >= 15 is 0 Å². The molecule has 100 valence electrons. The first kappa shape index (κ1) is 12.5. The zero-order chi connectivity index (χ0) is 13.6. The van der Waals surface area contributed by atoms with Crippen molar-refractivity contribution in [1.29, 1.82) is 0 Å². The van der Waals surface area contributed by atoms with Crippen LogP contribution in [0.2, 0.25) is 0 Å². The second kappa shape index (κ2) is 4.26. The molecule has 3 rings (SSSR count). The third-order valence-electron chi connectivity index (χ3n) is 3.24. The van der Waals surface area contributed by atoms with E-state index < -0.39 is 10.0 Å². The van der Waals surface area contributed by atoms with Crippen molar-refractivity contribution in [3.8, 4) is 0 Å². The Labute approximate surface area is 113 Å². The molecule has 1 heterocycles. The van der Waals surface area contributed by atoms with E-state index in [1.807, 2.05) is 0 Å². The van der Waals surface area contributed by atoms with Gasteiger partial charge >= 0.3 is 4.87 Å². The maximum atomic E-state index is 11.1. The summed E-state index contributed by atoms with van der Waals surface area (Å²) in [5, 5.41) is 5.04. The fraction of sp³-hybridized carbons (Fsp3) is 0.273. The summed E-state index contributed by atoms with van der Waals surface area (Å²) in [7, 11) is -3.65. The van der Waals surface area contributed by atoms with E-state index in [-0.39, 0.29) is 21.6 Å². The number of rotatable bonds is 3. The van der Waals surface area contributed by atoms with Gasteiger partial charge in [-0.2, -0.15) is 4.37 Å². The van der Waals surface area contributed by atoms with E-state index in [1.165, 1.54) is 12.1 Å². The van der Waals surface area contributed by atoms with Gasteiger partial charge in [-0.1, -0.05) is 12.1 Å². The van der Waals surface area contributed by atoms with Crippen LogP contribution in [0.15, 0.2) is 34.0 Å². The van der Waals surface area contributed by atoms with Crippen molar-refractivity contribution >= 4 is 21.6 Å².